The Bertz CT molecular complexity index is 515. The molecule has 0 aromatic heterocycles. The van der Waals surface area contributed by atoms with E-state index in [-0.39, 0.29) is 5.82 Å². The molecule has 0 bridgehead atoms. The van der Waals surface area contributed by atoms with E-state index in [9.17, 15) is 4.39 Å². The molecule has 5 heteroatoms. The number of nitrogens with zero attached hydrogens (tertiary/aromatic N) is 1. The summed E-state index contributed by atoms with van der Waals surface area (Å²) in [6.45, 7) is 4.56. The van der Waals surface area contributed by atoms with Gasteiger partial charge in [0, 0.05) is 17.1 Å². The number of rotatable bonds is 4. The summed E-state index contributed by atoms with van der Waals surface area (Å²) in [5.74, 6) is -0.270. The zero-order chi connectivity index (χ0) is 15.2. The normalized spacial score (nSPS) is 15.5. The lowest BCUT2D eigenvalue weighted by molar-refractivity contribution is 0.263. The molecule has 0 unspecified atom stereocenters. The monoisotopic (exact) mass is 370 g/mol. The summed E-state index contributed by atoms with van der Waals surface area (Å²) in [4.78, 5) is 2.19. The number of halogens is 2. The van der Waals surface area contributed by atoms with Crippen LogP contribution in [0.2, 0.25) is 0 Å². The molecule has 1 aromatic rings. The van der Waals surface area contributed by atoms with Gasteiger partial charge in [0.1, 0.15) is 5.82 Å². The predicted octanol–water partition coefficient (Wildman–Crippen LogP) is 5.11. The summed E-state index contributed by atoms with van der Waals surface area (Å²) >= 11 is 8.91. The van der Waals surface area contributed by atoms with E-state index in [0.29, 0.717) is 15.6 Å². The molecule has 1 aliphatic rings. The molecule has 0 saturated heterocycles. The molecule has 0 heterocycles. The second kappa shape index (κ2) is 7.90. The molecule has 0 aliphatic heterocycles. The van der Waals surface area contributed by atoms with Crippen molar-refractivity contribution < 1.29 is 4.39 Å². The fraction of sp³-hybridized carbons (Fsp3) is 0.438. The Morgan fingerprint density at radius 3 is 2.76 bits per heavy atom. The highest BCUT2D eigenvalue weighted by Gasteiger charge is 2.22. The van der Waals surface area contributed by atoms with Gasteiger partial charge in [0.25, 0.3) is 0 Å². The molecule has 1 N–H and O–H groups in total. The van der Waals surface area contributed by atoms with E-state index in [1.165, 1.54) is 44.2 Å². The molecule has 0 radical (unpaired) electrons. The van der Waals surface area contributed by atoms with Crippen LogP contribution in [0.3, 0.4) is 0 Å². The molecule has 1 saturated carbocycles. The lowest BCUT2D eigenvalue weighted by Gasteiger charge is -2.35. The van der Waals surface area contributed by atoms with Crippen molar-refractivity contribution in [2.75, 3.05) is 11.9 Å². The number of anilines is 1. The Morgan fingerprint density at radius 2 is 2.14 bits per heavy atom. The first-order valence-electron chi connectivity index (χ1n) is 7.25. The van der Waals surface area contributed by atoms with E-state index in [2.05, 4.69) is 32.7 Å². The van der Waals surface area contributed by atoms with Crippen molar-refractivity contribution in [3.05, 3.63) is 41.1 Å². The van der Waals surface area contributed by atoms with Gasteiger partial charge in [-0.3, -0.25) is 0 Å². The Hall–Kier alpha value is -0.940. The Balaban J connectivity index is 2.08. The molecule has 0 atom stereocenters. The summed E-state index contributed by atoms with van der Waals surface area (Å²) in [5.41, 5.74) is 0.784. The zero-order valence-corrected chi connectivity index (χ0v) is 14.4. The van der Waals surface area contributed by atoms with Crippen molar-refractivity contribution in [2.45, 2.75) is 38.1 Å². The third kappa shape index (κ3) is 4.51. The second-order valence-corrected chi connectivity index (χ2v) is 6.53. The highest BCUT2D eigenvalue weighted by atomic mass is 79.9. The smallest absolute Gasteiger partial charge is 0.173 e. The highest BCUT2D eigenvalue weighted by Crippen LogP contribution is 2.26. The Morgan fingerprint density at radius 1 is 1.43 bits per heavy atom. The lowest BCUT2D eigenvalue weighted by atomic mass is 9.94. The third-order valence-electron chi connectivity index (χ3n) is 3.77. The largest absolute Gasteiger partial charge is 0.342 e. The topological polar surface area (TPSA) is 15.3 Å². The average molecular weight is 371 g/mol. The van der Waals surface area contributed by atoms with Crippen molar-refractivity contribution in [2.24, 2.45) is 0 Å². The van der Waals surface area contributed by atoms with Crippen molar-refractivity contribution in [1.82, 2.24) is 4.90 Å². The molecule has 2 rings (SSSR count). The zero-order valence-electron chi connectivity index (χ0n) is 11.9. The van der Waals surface area contributed by atoms with E-state index in [1.807, 2.05) is 6.08 Å². The van der Waals surface area contributed by atoms with Gasteiger partial charge in [-0.15, -0.1) is 6.58 Å². The van der Waals surface area contributed by atoms with E-state index in [0.717, 1.165) is 12.2 Å². The number of hydrogen-bond acceptors (Lipinski definition) is 1. The van der Waals surface area contributed by atoms with Crippen LogP contribution in [0, 0.1) is 5.82 Å². The van der Waals surface area contributed by atoms with E-state index >= 15 is 0 Å². The van der Waals surface area contributed by atoms with E-state index in [4.69, 9.17) is 12.2 Å². The standard InChI is InChI=1S/C16H20BrFN2S/c1-2-10-20(13-6-4-3-5-7-13)16(21)19-15-9-8-12(18)11-14(15)17/h2,8-9,11,13H,1,3-7,10H2,(H,19,21). The van der Waals surface area contributed by atoms with Crippen molar-refractivity contribution in [3.8, 4) is 0 Å². The maximum Gasteiger partial charge on any atom is 0.173 e. The van der Waals surface area contributed by atoms with E-state index in [1.54, 1.807) is 6.07 Å². The summed E-state index contributed by atoms with van der Waals surface area (Å²) in [7, 11) is 0. The maximum atomic E-state index is 13.1. The Labute approximate surface area is 139 Å². The van der Waals surface area contributed by atoms with Gasteiger partial charge in [-0.05, 0) is 59.2 Å². The maximum absolute atomic E-state index is 13.1. The van der Waals surface area contributed by atoms with Crippen LogP contribution in [0.25, 0.3) is 0 Å². The lowest BCUT2D eigenvalue weighted by Crippen LogP contribution is -2.43. The number of thiocarbonyl (C=S) groups is 1. The van der Waals surface area contributed by atoms with E-state index < -0.39 is 0 Å². The molecule has 2 nitrogen and oxygen atoms in total. The summed E-state index contributed by atoms with van der Waals surface area (Å²) in [5, 5.41) is 3.89. The highest BCUT2D eigenvalue weighted by molar-refractivity contribution is 9.10. The molecule has 1 aliphatic carbocycles. The van der Waals surface area contributed by atoms with Crippen molar-refractivity contribution in [3.63, 3.8) is 0 Å². The van der Waals surface area contributed by atoms with Crippen LogP contribution in [0.4, 0.5) is 10.1 Å². The minimum absolute atomic E-state index is 0.270. The molecule has 0 spiro atoms. The van der Waals surface area contributed by atoms with Gasteiger partial charge in [0.15, 0.2) is 5.11 Å². The molecule has 114 valence electrons. The molecule has 21 heavy (non-hydrogen) atoms. The Kier molecular flexibility index (Phi) is 6.18. The first-order valence-corrected chi connectivity index (χ1v) is 8.45. The summed E-state index contributed by atoms with van der Waals surface area (Å²) in [6, 6.07) is 5.02. The second-order valence-electron chi connectivity index (χ2n) is 5.29. The fourth-order valence-electron chi connectivity index (χ4n) is 2.71. The molecular formula is C16H20BrFN2S. The van der Waals surface area contributed by atoms with Crippen LogP contribution in [0.15, 0.2) is 35.3 Å². The van der Waals surface area contributed by atoms with Gasteiger partial charge in [0.05, 0.1) is 5.69 Å². The first kappa shape index (κ1) is 16.4. The minimum atomic E-state index is -0.270. The van der Waals surface area contributed by atoms with Gasteiger partial charge in [-0.1, -0.05) is 25.3 Å². The predicted molar refractivity (Wildman–Crippen MR) is 94.1 cm³/mol. The van der Waals surface area contributed by atoms with Crippen LogP contribution in [-0.2, 0) is 0 Å². The van der Waals surface area contributed by atoms with Crippen LogP contribution < -0.4 is 5.32 Å². The average Bonchev–Trinajstić information content (AvgIpc) is 2.48. The van der Waals surface area contributed by atoms with Crippen LogP contribution in [0.1, 0.15) is 32.1 Å². The van der Waals surface area contributed by atoms with Gasteiger partial charge >= 0.3 is 0 Å². The number of hydrogen-bond donors (Lipinski definition) is 1. The van der Waals surface area contributed by atoms with Crippen LogP contribution >= 0.6 is 28.1 Å². The molecule has 1 fully saturated rings. The molecular weight excluding hydrogens is 351 g/mol. The number of benzene rings is 1. The number of nitrogens with one attached hydrogen (secondary N) is 1. The minimum Gasteiger partial charge on any atom is -0.342 e. The van der Waals surface area contributed by atoms with Gasteiger partial charge in [-0.25, -0.2) is 4.39 Å². The summed E-state index contributed by atoms with van der Waals surface area (Å²) in [6.07, 6.45) is 8.02. The SMILES string of the molecule is C=CCN(C(=S)Nc1ccc(F)cc1Br)C1CCCCC1. The quantitative estimate of drug-likeness (QED) is 0.585. The van der Waals surface area contributed by atoms with Crippen molar-refractivity contribution in [1.29, 1.82) is 0 Å². The fourth-order valence-corrected chi connectivity index (χ4v) is 3.49. The van der Waals surface area contributed by atoms with Crippen molar-refractivity contribution >= 4 is 38.9 Å². The molecule has 0 amide bonds. The first-order chi connectivity index (χ1) is 10.1. The molecule has 1 aromatic carbocycles. The van der Waals surface area contributed by atoms with Crippen LogP contribution in [0.5, 0.6) is 0 Å². The van der Waals surface area contributed by atoms with Crippen LogP contribution in [-0.4, -0.2) is 22.6 Å². The third-order valence-corrected chi connectivity index (χ3v) is 4.77. The van der Waals surface area contributed by atoms with Gasteiger partial charge < -0.3 is 10.2 Å². The van der Waals surface area contributed by atoms with Gasteiger partial charge in [-0.2, -0.15) is 0 Å². The summed E-state index contributed by atoms with van der Waals surface area (Å²) < 4.78 is 13.8. The van der Waals surface area contributed by atoms with Gasteiger partial charge in [0.2, 0.25) is 0 Å².